The average Bonchev–Trinajstić information content (AvgIpc) is 2.73. The van der Waals surface area contributed by atoms with Crippen LogP contribution in [0.2, 0.25) is 0 Å². The zero-order chi connectivity index (χ0) is 22.5. The van der Waals surface area contributed by atoms with E-state index in [4.69, 9.17) is 10.2 Å². The standard InChI is InChI=1S/C23H42N2O5/c1-2-3-4-5-6-7-8-9-10-11-12-13-14-15-16-17-21(27)24-18-22(28)25-20(19-26)23(29)30/h9-10,20,26H,2-8,11-19H2,1H3,(H,24,27)(H,25,28)(H,29,30). The SMILES string of the molecule is CCCCCCCCC=CCCCCCCCC(=O)NCC(=O)NC(CO)C(=O)O. The molecule has 0 saturated heterocycles. The number of allylic oxidation sites excluding steroid dienone is 2. The fraction of sp³-hybridized carbons (Fsp3) is 0.783. The molecule has 2 amide bonds. The Morgan fingerprint density at radius 2 is 1.33 bits per heavy atom. The largest absolute Gasteiger partial charge is 0.480 e. The van der Waals surface area contributed by atoms with Crippen LogP contribution in [0.25, 0.3) is 0 Å². The highest BCUT2D eigenvalue weighted by Gasteiger charge is 2.18. The van der Waals surface area contributed by atoms with Crippen molar-refractivity contribution in [2.75, 3.05) is 13.2 Å². The normalized spacial score (nSPS) is 12.1. The molecule has 7 nitrogen and oxygen atoms in total. The predicted octanol–water partition coefficient (Wildman–Crippen LogP) is 3.70. The number of carboxylic acids is 1. The summed E-state index contributed by atoms with van der Waals surface area (Å²) in [6.45, 7) is 1.27. The molecule has 0 aliphatic rings. The molecule has 1 unspecified atom stereocenters. The third-order valence-corrected chi connectivity index (χ3v) is 4.93. The van der Waals surface area contributed by atoms with Crippen molar-refractivity contribution in [1.29, 1.82) is 0 Å². The van der Waals surface area contributed by atoms with Gasteiger partial charge < -0.3 is 20.8 Å². The van der Waals surface area contributed by atoms with Crippen molar-refractivity contribution in [3.8, 4) is 0 Å². The minimum absolute atomic E-state index is 0.223. The van der Waals surface area contributed by atoms with E-state index in [9.17, 15) is 14.4 Å². The molecule has 1 atom stereocenters. The number of nitrogens with one attached hydrogen (secondary N) is 2. The van der Waals surface area contributed by atoms with Crippen molar-refractivity contribution in [1.82, 2.24) is 10.6 Å². The molecule has 0 heterocycles. The maximum absolute atomic E-state index is 11.7. The Labute approximate surface area is 181 Å². The van der Waals surface area contributed by atoms with E-state index in [2.05, 4.69) is 29.7 Å². The van der Waals surface area contributed by atoms with Gasteiger partial charge in [-0.2, -0.15) is 0 Å². The van der Waals surface area contributed by atoms with Crippen LogP contribution in [0.3, 0.4) is 0 Å². The number of carboxylic acid groups (broad SMARTS) is 1. The van der Waals surface area contributed by atoms with Gasteiger partial charge in [0.25, 0.3) is 0 Å². The molecule has 7 heteroatoms. The van der Waals surface area contributed by atoms with Crippen LogP contribution < -0.4 is 10.6 Å². The van der Waals surface area contributed by atoms with Crippen LogP contribution in [-0.2, 0) is 14.4 Å². The van der Waals surface area contributed by atoms with Crippen molar-refractivity contribution in [2.45, 2.75) is 103 Å². The smallest absolute Gasteiger partial charge is 0.328 e. The summed E-state index contributed by atoms with van der Waals surface area (Å²) < 4.78 is 0. The summed E-state index contributed by atoms with van der Waals surface area (Å²) in [4.78, 5) is 33.9. The van der Waals surface area contributed by atoms with Crippen LogP contribution in [0.1, 0.15) is 96.8 Å². The van der Waals surface area contributed by atoms with Gasteiger partial charge in [0.15, 0.2) is 0 Å². The number of aliphatic hydroxyl groups is 1. The molecule has 174 valence electrons. The molecule has 0 saturated carbocycles. The maximum Gasteiger partial charge on any atom is 0.328 e. The first-order chi connectivity index (χ1) is 14.5. The monoisotopic (exact) mass is 426 g/mol. The second kappa shape index (κ2) is 20.4. The van der Waals surface area contributed by atoms with Gasteiger partial charge in [-0.3, -0.25) is 9.59 Å². The van der Waals surface area contributed by atoms with Crippen molar-refractivity contribution >= 4 is 17.8 Å². The predicted molar refractivity (Wildman–Crippen MR) is 119 cm³/mol. The van der Waals surface area contributed by atoms with E-state index in [-0.39, 0.29) is 12.5 Å². The van der Waals surface area contributed by atoms with Crippen LogP contribution in [0.5, 0.6) is 0 Å². The van der Waals surface area contributed by atoms with E-state index < -0.39 is 24.5 Å². The quantitative estimate of drug-likeness (QED) is 0.175. The first-order valence-corrected chi connectivity index (χ1v) is 11.6. The molecule has 0 aromatic carbocycles. The van der Waals surface area contributed by atoms with E-state index in [1.807, 2.05) is 0 Å². The number of carbonyl (C=O) groups is 3. The van der Waals surface area contributed by atoms with E-state index in [0.29, 0.717) is 6.42 Å². The second-order valence-corrected chi connectivity index (χ2v) is 7.75. The first kappa shape index (κ1) is 28.1. The molecular formula is C23H42N2O5. The Hall–Kier alpha value is -1.89. The molecule has 0 aromatic rings. The Morgan fingerprint density at radius 1 is 0.800 bits per heavy atom. The number of amides is 2. The third-order valence-electron chi connectivity index (χ3n) is 4.93. The maximum atomic E-state index is 11.7. The summed E-state index contributed by atoms with van der Waals surface area (Å²) in [7, 11) is 0. The number of aliphatic hydroxyl groups excluding tert-OH is 1. The number of hydrogen-bond donors (Lipinski definition) is 4. The lowest BCUT2D eigenvalue weighted by Crippen LogP contribution is -2.47. The summed E-state index contributed by atoms with van der Waals surface area (Å²) in [5.74, 6) is -2.17. The summed E-state index contributed by atoms with van der Waals surface area (Å²) >= 11 is 0. The van der Waals surface area contributed by atoms with Gasteiger partial charge in [-0.1, -0.05) is 70.4 Å². The van der Waals surface area contributed by atoms with Gasteiger partial charge in [0.05, 0.1) is 13.2 Å². The summed E-state index contributed by atoms with van der Waals surface area (Å²) in [5.41, 5.74) is 0. The zero-order valence-corrected chi connectivity index (χ0v) is 18.7. The van der Waals surface area contributed by atoms with Crippen molar-refractivity contribution in [2.24, 2.45) is 0 Å². The first-order valence-electron chi connectivity index (χ1n) is 11.6. The number of rotatable bonds is 20. The van der Waals surface area contributed by atoms with Crippen LogP contribution in [0, 0.1) is 0 Å². The summed E-state index contributed by atoms with van der Waals surface area (Å²) in [5, 5.41) is 22.2. The Bertz CT molecular complexity index is 494. The highest BCUT2D eigenvalue weighted by molar-refractivity contribution is 5.87. The van der Waals surface area contributed by atoms with Gasteiger partial charge >= 0.3 is 5.97 Å². The topological polar surface area (TPSA) is 116 Å². The molecule has 0 aliphatic carbocycles. The van der Waals surface area contributed by atoms with Gasteiger partial charge in [-0.25, -0.2) is 4.79 Å². The number of unbranched alkanes of at least 4 members (excludes halogenated alkanes) is 11. The van der Waals surface area contributed by atoms with Crippen molar-refractivity contribution in [3.05, 3.63) is 12.2 Å². The van der Waals surface area contributed by atoms with Gasteiger partial charge in [-0.15, -0.1) is 0 Å². The Morgan fingerprint density at radius 3 is 1.87 bits per heavy atom. The lowest BCUT2D eigenvalue weighted by molar-refractivity contribution is -0.142. The molecule has 0 rings (SSSR count). The zero-order valence-electron chi connectivity index (χ0n) is 18.7. The van der Waals surface area contributed by atoms with Gasteiger partial charge in [0, 0.05) is 6.42 Å². The molecule has 0 aliphatic heterocycles. The molecule has 0 radical (unpaired) electrons. The second-order valence-electron chi connectivity index (χ2n) is 7.75. The van der Waals surface area contributed by atoms with E-state index in [0.717, 1.165) is 32.1 Å². The minimum Gasteiger partial charge on any atom is -0.480 e. The Balaban J connectivity index is 3.47. The fourth-order valence-electron chi connectivity index (χ4n) is 3.05. The number of carbonyl (C=O) groups excluding carboxylic acids is 2. The molecule has 0 bridgehead atoms. The van der Waals surface area contributed by atoms with Crippen LogP contribution in [0.15, 0.2) is 12.2 Å². The van der Waals surface area contributed by atoms with Crippen LogP contribution >= 0.6 is 0 Å². The van der Waals surface area contributed by atoms with Gasteiger partial charge in [0.2, 0.25) is 11.8 Å². The lowest BCUT2D eigenvalue weighted by Gasteiger charge is -2.12. The highest BCUT2D eigenvalue weighted by Crippen LogP contribution is 2.09. The van der Waals surface area contributed by atoms with E-state index in [1.54, 1.807) is 0 Å². The number of aliphatic carboxylic acids is 1. The molecule has 30 heavy (non-hydrogen) atoms. The van der Waals surface area contributed by atoms with Gasteiger partial charge in [-0.05, 0) is 32.1 Å². The lowest BCUT2D eigenvalue weighted by atomic mass is 10.1. The fourth-order valence-corrected chi connectivity index (χ4v) is 3.05. The van der Waals surface area contributed by atoms with E-state index >= 15 is 0 Å². The van der Waals surface area contributed by atoms with Crippen LogP contribution in [0.4, 0.5) is 0 Å². The third kappa shape index (κ3) is 18.2. The molecule has 4 N–H and O–H groups in total. The summed E-state index contributed by atoms with van der Waals surface area (Å²) in [6, 6.07) is -1.35. The van der Waals surface area contributed by atoms with Crippen LogP contribution in [-0.4, -0.2) is 47.2 Å². The molecule has 0 fully saturated rings. The molecule has 0 aromatic heterocycles. The average molecular weight is 427 g/mol. The molecule has 0 spiro atoms. The van der Waals surface area contributed by atoms with E-state index in [1.165, 1.54) is 51.4 Å². The van der Waals surface area contributed by atoms with Crippen molar-refractivity contribution in [3.63, 3.8) is 0 Å². The van der Waals surface area contributed by atoms with Gasteiger partial charge in [0.1, 0.15) is 6.04 Å². The minimum atomic E-state index is -1.35. The summed E-state index contributed by atoms with van der Waals surface area (Å²) in [6.07, 6.45) is 20.5. The Kier molecular flexibility index (Phi) is 19.1. The number of hydrogen-bond acceptors (Lipinski definition) is 4. The van der Waals surface area contributed by atoms with Crippen molar-refractivity contribution < 1.29 is 24.6 Å². The highest BCUT2D eigenvalue weighted by atomic mass is 16.4. The molecular weight excluding hydrogens is 384 g/mol.